The van der Waals surface area contributed by atoms with Gasteiger partial charge < -0.3 is 0 Å². The summed E-state index contributed by atoms with van der Waals surface area (Å²) < 4.78 is 0. The van der Waals surface area contributed by atoms with Crippen LogP contribution in [0.25, 0.3) is 28.0 Å². The first-order chi connectivity index (χ1) is 10.7. The van der Waals surface area contributed by atoms with Gasteiger partial charge in [0.25, 0.3) is 0 Å². The van der Waals surface area contributed by atoms with Crippen LogP contribution in [0.1, 0.15) is 31.4 Å². The lowest BCUT2D eigenvalue weighted by atomic mass is 9.90. The highest BCUT2D eigenvalue weighted by molar-refractivity contribution is 6.01. The summed E-state index contributed by atoms with van der Waals surface area (Å²) >= 11 is 0. The van der Waals surface area contributed by atoms with Gasteiger partial charge in [0, 0.05) is 0 Å². The van der Waals surface area contributed by atoms with E-state index in [1.54, 1.807) is 0 Å². The largest absolute Gasteiger partial charge is 0.0984 e. The quantitative estimate of drug-likeness (QED) is 0.482. The molecule has 0 N–H and O–H groups in total. The molecule has 22 heavy (non-hydrogen) atoms. The van der Waals surface area contributed by atoms with Crippen LogP contribution in [0.15, 0.2) is 67.2 Å². The maximum Gasteiger partial charge on any atom is -0.00304 e. The maximum absolute atomic E-state index is 3.98. The predicted octanol–water partition coefficient (Wildman–Crippen LogP) is 6.87. The highest BCUT2D eigenvalue weighted by Gasteiger charge is 2.10. The van der Waals surface area contributed by atoms with Gasteiger partial charge in [0.2, 0.25) is 0 Å². The summed E-state index contributed by atoms with van der Waals surface area (Å²) in [6, 6.07) is 21.3. The van der Waals surface area contributed by atoms with E-state index in [0.717, 1.165) is 0 Å². The summed E-state index contributed by atoms with van der Waals surface area (Å²) in [6.07, 6.45) is 3.21. The summed E-state index contributed by atoms with van der Waals surface area (Å²) in [4.78, 5) is 0. The van der Waals surface area contributed by atoms with Crippen molar-refractivity contribution >= 4 is 16.8 Å². The lowest BCUT2D eigenvalue weighted by molar-refractivity contribution is 1.09. The molecule has 0 aliphatic rings. The van der Waals surface area contributed by atoms with Crippen LogP contribution in [0.3, 0.4) is 0 Å². The SMILES string of the molecule is C=Cc1c(C)cc2ccccc2c1-c1ccccc1.CCC. The molecular formula is C22H24. The summed E-state index contributed by atoms with van der Waals surface area (Å²) in [7, 11) is 0. The molecule has 3 rings (SSSR count). The van der Waals surface area contributed by atoms with Crippen molar-refractivity contribution < 1.29 is 0 Å². The van der Waals surface area contributed by atoms with Gasteiger partial charge in [-0.15, -0.1) is 0 Å². The normalized spacial score (nSPS) is 9.95. The molecule has 112 valence electrons. The molecule has 0 heterocycles. The molecule has 0 amide bonds. The Labute approximate surface area is 134 Å². The lowest BCUT2D eigenvalue weighted by Crippen LogP contribution is -1.90. The number of hydrogen-bond acceptors (Lipinski definition) is 0. The molecule has 0 radical (unpaired) electrons. The van der Waals surface area contributed by atoms with E-state index in [9.17, 15) is 0 Å². The first kappa shape index (κ1) is 16.0. The van der Waals surface area contributed by atoms with Crippen LogP contribution in [0.2, 0.25) is 0 Å². The van der Waals surface area contributed by atoms with Crippen molar-refractivity contribution in [2.24, 2.45) is 0 Å². The fraction of sp³-hybridized carbons (Fsp3) is 0.182. The smallest absolute Gasteiger partial charge is 0.00304 e. The predicted molar refractivity (Wildman–Crippen MR) is 100 cm³/mol. The molecular weight excluding hydrogens is 264 g/mol. The van der Waals surface area contributed by atoms with Crippen LogP contribution < -0.4 is 0 Å². The average Bonchev–Trinajstić information content (AvgIpc) is 2.55. The topological polar surface area (TPSA) is 0 Å². The zero-order valence-electron chi connectivity index (χ0n) is 13.8. The lowest BCUT2D eigenvalue weighted by Gasteiger charge is -2.14. The number of fused-ring (bicyclic) bond motifs is 1. The molecule has 0 atom stereocenters. The third kappa shape index (κ3) is 3.28. The van der Waals surface area contributed by atoms with Gasteiger partial charge in [0.15, 0.2) is 0 Å². The second-order valence-corrected chi connectivity index (χ2v) is 5.48. The van der Waals surface area contributed by atoms with Crippen LogP contribution in [0.4, 0.5) is 0 Å². The highest BCUT2D eigenvalue weighted by atomic mass is 14.1. The van der Waals surface area contributed by atoms with Crippen molar-refractivity contribution in [2.45, 2.75) is 27.2 Å². The molecule has 0 spiro atoms. The highest BCUT2D eigenvalue weighted by Crippen LogP contribution is 2.34. The Balaban J connectivity index is 0.000000545. The van der Waals surface area contributed by atoms with E-state index >= 15 is 0 Å². The third-order valence-electron chi connectivity index (χ3n) is 3.56. The second-order valence-electron chi connectivity index (χ2n) is 5.48. The van der Waals surface area contributed by atoms with Crippen molar-refractivity contribution in [3.8, 4) is 11.1 Å². The van der Waals surface area contributed by atoms with E-state index < -0.39 is 0 Å². The van der Waals surface area contributed by atoms with Crippen molar-refractivity contribution in [1.82, 2.24) is 0 Å². The Kier molecular flexibility index (Phi) is 5.55. The number of rotatable bonds is 2. The Morgan fingerprint density at radius 2 is 1.50 bits per heavy atom. The monoisotopic (exact) mass is 288 g/mol. The van der Waals surface area contributed by atoms with Crippen molar-refractivity contribution in [3.05, 3.63) is 78.4 Å². The standard InChI is InChI=1S/C19H16.C3H8/c1-3-17-14(2)13-16-11-7-8-12-18(16)19(17)15-9-5-4-6-10-15;1-3-2/h3-13H,1H2,2H3;3H2,1-2H3. The Hall–Kier alpha value is -2.34. The maximum atomic E-state index is 3.98. The fourth-order valence-electron chi connectivity index (χ4n) is 2.68. The molecule has 3 aromatic carbocycles. The van der Waals surface area contributed by atoms with Gasteiger partial charge in [-0.05, 0) is 39.9 Å². The molecule has 0 unspecified atom stereocenters. The van der Waals surface area contributed by atoms with Gasteiger partial charge in [-0.1, -0.05) is 93.6 Å². The van der Waals surface area contributed by atoms with Crippen LogP contribution >= 0.6 is 0 Å². The zero-order valence-corrected chi connectivity index (χ0v) is 13.8. The van der Waals surface area contributed by atoms with E-state index in [0.29, 0.717) is 0 Å². The molecule has 0 aromatic heterocycles. The molecule has 0 heteroatoms. The molecule has 0 bridgehead atoms. The van der Waals surface area contributed by atoms with Gasteiger partial charge in [-0.2, -0.15) is 0 Å². The van der Waals surface area contributed by atoms with Gasteiger partial charge >= 0.3 is 0 Å². The van der Waals surface area contributed by atoms with Crippen LogP contribution in [0.5, 0.6) is 0 Å². The summed E-state index contributed by atoms with van der Waals surface area (Å²) in [5.74, 6) is 0. The van der Waals surface area contributed by atoms with Crippen molar-refractivity contribution in [1.29, 1.82) is 0 Å². The van der Waals surface area contributed by atoms with Crippen molar-refractivity contribution in [3.63, 3.8) is 0 Å². The zero-order chi connectivity index (χ0) is 15.9. The first-order valence-electron chi connectivity index (χ1n) is 7.93. The van der Waals surface area contributed by atoms with Gasteiger partial charge in [0.05, 0.1) is 0 Å². The minimum Gasteiger partial charge on any atom is -0.0984 e. The van der Waals surface area contributed by atoms with Crippen LogP contribution in [0, 0.1) is 6.92 Å². The fourth-order valence-corrected chi connectivity index (χ4v) is 2.68. The summed E-state index contributed by atoms with van der Waals surface area (Å²) in [5, 5.41) is 2.57. The van der Waals surface area contributed by atoms with Gasteiger partial charge in [0.1, 0.15) is 0 Å². The molecule has 0 aliphatic heterocycles. The second kappa shape index (κ2) is 7.61. The Morgan fingerprint density at radius 3 is 2.14 bits per heavy atom. The molecule has 0 fully saturated rings. The molecule has 0 saturated heterocycles. The van der Waals surface area contributed by atoms with Crippen molar-refractivity contribution in [2.75, 3.05) is 0 Å². The number of aryl methyl sites for hydroxylation is 1. The number of hydrogen-bond donors (Lipinski definition) is 0. The van der Waals surface area contributed by atoms with Gasteiger partial charge in [-0.3, -0.25) is 0 Å². The van der Waals surface area contributed by atoms with Gasteiger partial charge in [-0.25, -0.2) is 0 Å². The van der Waals surface area contributed by atoms with E-state index in [4.69, 9.17) is 0 Å². The summed E-state index contributed by atoms with van der Waals surface area (Å²) in [5.41, 5.74) is 5.03. The molecule has 0 saturated carbocycles. The Bertz CT molecular complexity index is 752. The minimum absolute atomic E-state index is 1.23. The minimum atomic E-state index is 1.23. The Morgan fingerprint density at radius 1 is 0.909 bits per heavy atom. The summed E-state index contributed by atoms with van der Waals surface area (Å²) in [6.45, 7) is 10.4. The molecule has 0 nitrogen and oxygen atoms in total. The van der Waals surface area contributed by atoms with E-state index in [-0.39, 0.29) is 0 Å². The van der Waals surface area contributed by atoms with Crippen LogP contribution in [-0.4, -0.2) is 0 Å². The number of benzene rings is 3. The molecule has 0 aliphatic carbocycles. The molecule has 3 aromatic rings. The first-order valence-corrected chi connectivity index (χ1v) is 7.93. The van der Waals surface area contributed by atoms with Crippen LogP contribution in [-0.2, 0) is 0 Å². The van der Waals surface area contributed by atoms with E-state index in [1.165, 1.54) is 39.4 Å². The van der Waals surface area contributed by atoms with E-state index in [2.05, 4.69) is 88.0 Å². The third-order valence-corrected chi connectivity index (χ3v) is 3.56. The van der Waals surface area contributed by atoms with E-state index in [1.807, 2.05) is 6.08 Å². The average molecular weight is 288 g/mol.